The maximum atomic E-state index is 14.0. The van der Waals surface area contributed by atoms with Crippen molar-refractivity contribution in [3.63, 3.8) is 0 Å². The largest absolute Gasteiger partial charge is 0.309 e. The molecule has 120 valence electrons. The van der Waals surface area contributed by atoms with Crippen LogP contribution in [0.4, 0.5) is 10.1 Å². The first kappa shape index (κ1) is 16.9. The second kappa shape index (κ2) is 7.23. The second-order valence-corrected chi connectivity index (χ2v) is 5.34. The Hall–Kier alpha value is -2.42. The first-order valence-electron chi connectivity index (χ1n) is 7.82. The van der Waals surface area contributed by atoms with Crippen LogP contribution in [0.15, 0.2) is 36.4 Å². The van der Waals surface area contributed by atoms with Gasteiger partial charge in [-0.05, 0) is 54.5 Å². The van der Waals surface area contributed by atoms with Crippen molar-refractivity contribution in [2.45, 2.75) is 27.2 Å². The topological polar surface area (TPSA) is 20.3 Å². The number of amides is 1. The SMILES string of the molecule is C/C=c1/ccc(C(=O)N(C)c2ccccc2F)c(CC)/c1=C/C. The van der Waals surface area contributed by atoms with E-state index in [2.05, 4.69) is 0 Å². The molecule has 2 aromatic carbocycles. The minimum atomic E-state index is -0.401. The molecule has 0 fully saturated rings. The highest BCUT2D eigenvalue weighted by Gasteiger charge is 2.19. The van der Waals surface area contributed by atoms with Crippen LogP contribution in [0.25, 0.3) is 12.2 Å². The Labute approximate surface area is 136 Å². The van der Waals surface area contributed by atoms with Gasteiger partial charge >= 0.3 is 0 Å². The summed E-state index contributed by atoms with van der Waals surface area (Å²) < 4.78 is 14.0. The molecule has 3 heteroatoms. The second-order valence-electron chi connectivity index (χ2n) is 5.34. The Morgan fingerprint density at radius 1 is 1.13 bits per heavy atom. The van der Waals surface area contributed by atoms with E-state index in [0.717, 1.165) is 22.4 Å². The fraction of sp³-hybridized carbons (Fsp3) is 0.250. The van der Waals surface area contributed by atoms with Gasteiger partial charge in [-0.2, -0.15) is 0 Å². The molecule has 0 saturated heterocycles. The maximum Gasteiger partial charge on any atom is 0.258 e. The van der Waals surface area contributed by atoms with E-state index in [1.165, 1.54) is 11.0 Å². The van der Waals surface area contributed by atoms with Crippen molar-refractivity contribution in [1.29, 1.82) is 0 Å². The van der Waals surface area contributed by atoms with Crippen molar-refractivity contribution >= 4 is 23.7 Å². The predicted molar refractivity (Wildman–Crippen MR) is 94.5 cm³/mol. The van der Waals surface area contributed by atoms with E-state index < -0.39 is 5.82 Å². The van der Waals surface area contributed by atoms with Crippen LogP contribution in [0.1, 0.15) is 36.7 Å². The Morgan fingerprint density at radius 3 is 2.39 bits per heavy atom. The monoisotopic (exact) mass is 311 g/mol. The van der Waals surface area contributed by atoms with Crippen molar-refractivity contribution in [2.75, 3.05) is 11.9 Å². The predicted octanol–water partition coefficient (Wildman–Crippen LogP) is 3.27. The Balaban J connectivity index is 2.59. The average Bonchev–Trinajstić information content (AvgIpc) is 2.59. The van der Waals surface area contributed by atoms with Crippen LogP contribution in [-0.4, -0.2) is 13.0 Å². The lowest BCUT2D eigenvalue weighted by atomic mass is 9.99. The first-order valence-corrected chi connectivity index (χ1v) is 7.82. The average molecular weight is 311 g/mol. The molecule has 2 rings (SSSR count). The number of rotatable bonds is 3. The third-order valence-electron chi connectivity index (χ3n) is 4.09. The summed E-state index contributed by atoms with van der Waals surface area (Å²) in [7, 11) is 1.61. The third kappa shape index (κ3) is 3.19. The lowest BCUT2D eigenvalue weighted by molar-refractivity contribution is 0.0991. The number of carbonyl (C=O) groups is 1. The molecule has 23 heavy (non-hydrogen) atoms. The lowest BCUT2D eigenvalue weighted by Gasteiger charge is -2.20. The fourth-order valence-corrected chi connectivity index (χ4v) is 2.87. The quantitative estimate of drug-likeness (QED) is 0.852. The standard InChI is InChI=1S/C20H22FNO/c1-5-14-12-13-17(16(7-3)15(14)6-2)20(23)22(4)19-11-9-8-10-18(19)21/h5-6,8-13H,7H2,1-4H3/b14-5-,15-6+. The van der Waals surface area contributed by atoms with E-state index in [1.54, 1.807) is 25.2 Å². The zero-order valence-electron chi connectivity index (χ0n) is 14.1. The van der Waals surface area contributed by atoms with Gasteiger partial charge in [0.2, 0.25) is 0 Å². The van der Waals surface area contributed by atoms with Crippen molar-refractivity contribution in [1.82, 2.24) is 0 Å². The van der Waals surface area contributed by atoms with E-state index in [-0.39, 0.29) is 11.6 Å². The molecular formula is C20H22FNO. The molecule has 0 N–H and O–H groups in total. The number of benzene rings is 2. The number of hydrogen-bond donors (Lipinski definition) is 0. The molecule has 0 saturated carbocycles. The number of halogens is 1. The Morgan fingerprint density at radius 2 is 1.83 bits per heavy atom. The minimum absolute atomic E-state index is 0.197. The van der Waals surface area contributed by atoms with E-state index in [9.17, 15) is 9.18 Å². The van der Waals surface area contributed by atoms with E-state index in [1.807, 2.05) is 45.1 Å². The highest BCUT2D eigenvalue weighted by molar-refractivity contribution is 6.06. The molecular weight excluding hydrogens is 289 g/mol. The summed E-state index contributed by atoms with van der Waals surface area (Å²) >= 11 is 0. The summed E-state index contributed by atoms with van der Waals surface area (Å²) in [6.07, 6.45) is 4.80. The Bertz CT molecular complexity index is 839. The first-order chi connectivity index (χ1) is 11.0. The number of hydrogen-bond acceptors (Lipinski definition) is 1. The number of anilines is 1. The molecule has 0 bridgehead atoms. The normalized spacial score (nSPS) is 12.6. The Kier molecular flexibility index (Phi) is 5.32. The van der Waals surface area contributed by atoms with Crippen molar-refractivity contribution in [2.24, 2.45) is 0 Å². The molecule has 2 nitrogen and oxygen atoms in total. The molecule has 0 aliphatic heterocycles. The fourth-order valence-electron chi connectivity index (χ4n) is 2.87. The molecule has 0 aliphatic rings. The van der Waals surface area contributed by atoms with Gasteiger partial charge in [-0.15, -0.1) is 0 Å². The van der Waals surface area contributed by atoms with Crippen LogP contribution in [0.3, 0.4) is 0 Å². The zero-order chi connectivity index (χ0) is 17.0. The highest BCUT2D eigenvalue weighted by atomic mass is 19.1. The van der Waals surface area contributed by atoms with E-state index in [4.69, 9.17) is 0 Å². The van der Waals surface area contributed by atoms with Crippen LogP contribution in [0, 0.1) is 5.82 Å². The molecule has 1 amide bonds. The maximum absolute atomic E-state index is 14.0. The number of nitrogens with zero attached hydrogens (tertiary/aromatic N) is 1. The highest BCUT2D eigenvalue weighted by Crippen LogP contribution is 2.20. The summed E-state index contributed by atoms with van der Waals surface area (Å²) in [5, 5.41) is 2.18. The summed E-state index contributed by atoms with van der Waals surface area (Å²) in [4.78, 5) is 14.3. The van der Waals surface area contributed by atoms with Gasteiger partial charge < -0.3 is 4.90 Å². The van der Waals surface area contributed by atoms with Gasteiger partial charge in [0.1, 0.15) is 5.82 Å². The minimum Gasteiger partial charge on any atom is -0.309 e. The third-order valence-corrected chi connectivity index (χ3v) is 4.09. The van der Waals surface area contributed by atoms with Gasteiger partial charge in [0.15, 0.2) is 0 Å². The van der Waals surface area contributed by atoms with Crippen LogP contribution in [-0.2, 0) is 6.42 Å². The molecule has 2 aromatic rings. The van der Waals surface area contributed by atoms with E-state index >= 15 is 0 Å². The van der Waals surface area contributed by atoms with Gasteiger partial charge in [0.25, 0.3) is 5.91 Å². The van der Waals surface area contributed by atoms with Crippen molar-refractivity contribution in [3.8, 4) is 0 Å². The number of carbonyl (C=O) groups excluding carboxylic acids is 1. The van der Waals surface area contributed by atoms with Crippen LogP contribution in [0.2, 0.25) is 0 Å². The van der Waals surface area contributed by atoms with Gasteiger partial charge in [0.05, 0.1) is 5.69 Å². The van der Waals surface area contributed by atoms with Crippen LogP contribution < -0.4 is 15.3 Å². The van der Waals surface area contributed by atoms with Crippen LogP contribution in [0.5, 0.6) is 0 Å². The molecule has 0 radical (unpaired) electrons. The lowest BCUT2D eigenvalue weighted by Crippen LogP contribution is -2.34. The van der Waals surface area contributed by atoms with Gasteiger partial charge in [-0.1, -0.05) is 37.3 Å². The zero-order valence-corrected chi connectivity index (χ0v) is 14.1. The molecule has 0 spiro atoms. The smallest absolute Gasteiger partial charge is 0.258 e. The van der Waals surface area contributed by atoms with Gasteiger partial charge in [-0.3, -0.25) is 4.79 Å². The van der Waals surface area contributed by atoms with Crippen molar-refractivity contribution < 1.29 is 9.18 Å². The summed E-state index contributed by atoms with van der Waals surface area (Å²) in [6.45, 7) is 5.98. The number of para-hydroxylation sites is 1. The molecule has 0 aromatic heterocycles. The molecule has 0 atom stereocenters. The van der Waals surface area contributed by atoms with Crippen molar-refractivity contribution in [3.05, 3.63) is 63.8 Å². The van der Waals surface area contributed by atoms with Crippen LogP contribution >= 0.6 is 0 Å². The molecule has 0 aliphatic carbocycles. The summed E-state index contributed by atoms with van der Waals surface area (Å²) in [5.41, 5.74) is 1.90. The van der Waals surface area contributed by atoms with Gasteiger partial charge in [-0.25, -0.2) is 4.39 Å². The van der Waals surface area contributed by atoms with E-state index in [0.29, 0.717) is 5.56 Å². The molecule has 0 heterocycles. The summed E-state index contributed by atoms with van der Waals surface area (Å²) in [5.74, 6) is -0.597. The summed E-state index contributed by atoms with van der Waals surface area (Å²) in [6, 6.07) is 10.1. The molecule has 0 unspecified atom stereocenters. The van der Waals surface area contributed by atoms with Gasteiger partial charge in [0, 0.05) is 12.6 Å².